The molecule has 0 aromatic heterocycles. The van der Waals surface area contributed by atoms with Crippen molar-refractivity contribution in [1.29, 1.82) is 0 Å². The van der Waals surface area contributed by atoms with Gasteiger partial charge in [-0.1, -0.05) is 178 Å². The predicted octanol–water partition coefficient (Wildman–Crippen LogP) is 13.6. The lowest BCUT2D eigenvalue weighted by atomic mass is 9.82. The molecule has 0 saturated heterocycles. The number of hydrogen-bond donors (Lipinski definition) is 0. The van der Waals surface area contributed by atoms with Crippen molar-refractivity contribution < 1.29 is 0 Å². The molecule has 0 spiro atoms. The molecule has 50 heavy (non-hydrogen) atoms. The quantitative estimate of drug-likeness (QED) is 0.175. The van der Waals surface area contributed by atoms with E-state index in [1.54, 1.807) is 0 Å². The first-order valence-corrected chi connectivity index (χ1v) is 17.5. The molecule has 0 radical (unpaired) electrons. The van der Waals surface area contributed by atoms with Crippen LogP contribution in [0.3, 0.4) is 0 Å². The summed E-state index contributed by atoms with van der Waals surface area (Å²) in [5, 5.41) is 2.42. The van der Waals surface area contributed by atoms with Gasteiger partial charge in [-0.25, -0.2) is 0 Å². The van der Waals surface area contributed by atoms with Gasteiger partial charge in [-0.15, -0.1) is 0 Å². The number of hydrogen-bond acceptors (Lipinski definition) is 1. The second kappa shape index (κ2) is 12.1. The Bertz CT molecular complexity index is 2500. The molecule has 0 bridgehead atoms. The number of nitrogens with zero attached hydrogens (tertiary/aromatic N) is 1. The van der Waals surface area contributed by atoms with Gasteiger partial charge in [0.15, 0.2) is 0 Å². The maximum atomic E-state index is 2.50. The van der Waals surface area contributed by atoms with Gasteiger partial charge >= 0.3 is 0 Å². The smallest absolute Gasteiger partial charge is 0.0540 e. The van der Waals surface area contributed by atoms with Crippen molar-refractivity contribution in [3.8, 4) is 44.5 Å². The molecule has 1 aliphatic carbocycles. The number of para-hydroxylation sites is 1. The monoisotopic (exact) mass is 639 g/mol. The minimum absolute atomic E-state index is 0.0834. The number of fused-ring (bicyclic) bond motifs is 4. The molecule has 0 saturated carbocycles. The maximum Gasteiger partial charge on any atom is 0.0540 e. The Labute approximate surface area is 294 Å². The number of anilines is 3. The van der Waals surface area contributed by atoms with E-state index in [1.165, 1.54) is 66.4 Å². The van der Waals surface area contributed by atoms with Crippen LogP contribution in [0.5, 0.6) is 0 Å². The van der Waals surface area contributed by atoms with E-state index in [0.29, 0.717) is 0 Å². The predicted molar refractivity (Wildman–Crippen MR) is 213 cm³/mol. The largest absolute Gasteiger partial charge is 0.309 e. The van der Waals surface area contributed by atoms with Crippen LogP contribution in [0.4, 0.5) is 17.1 Å². The molecule has 8 aromatic rings. The summed E-state index contributed by atoms with van der Waals surface area (Å²) in [7, 11) is 0. The lowest BCUT2D eigenvalue weighted by Crippen LogP contribution is -2.15. The standard InChI is InChI=1S/C49H37N/c1-49(2)43-27-13-11-25-41(43)48-40(26-16-28-44(48)49)39-24-12-14-29-46(39)50(45-30-15-22-35-21-9-10-23-38(35)45)47-32-31-37(34-17-5-3-6-18-34)33-42(47)36-19-7-4-8-20-36/h3-33H,1-2H3. The van der Waals surface area contributed by atoms with Crippen molar-refractivity contribution in [2.75, 3.05) is 4.90 Å². The van der Waals surface area contributed by atoms with Crippen LogP contribution in [-0.4, -0.2) is 0 Å². The summed E-state index contributed by atoms with van der Waals surface area (Å²) < 4.78 is 0. The molecule has 0 fully saturated rings. The van der Waals surface area contributed by atoms with Crippen molar-refractivity contribution in [3.63, 3.8) is 0 Å². The van der Waals surface area contributed by atoms with Gasteiger partial charge in [0.05, 0.1) is 17.1 Å². The fraction of sp³-hybridized carbons (Fsp3) is 0.0612. The Morgan fingerprint density at radius 1 is 0.360 bits per heavy atom. The van der Waals surface area contributed by atoms with Crippen LogP contribution in [0.1, 0.15) is 25.0 Å². The Hall–Kier alpha value is -6.18. The van der Waals surface area contributed by atoms with Gasteiger partial charge in [-0.2, -0.15) is 0 Å². The van der Waals surface area contributed by atoms with Crippen LogP contribution in [0.25, 0.3) is 55.3 Å². The molecule has 0 unspecified atom stereocenters. The molecule has 0 atom stereocenters. The van der Waals surface area contributed by atoms with Crippen LogP contribution in [0.15, 0.2) is 188 Å². The van der Waals surface area contributed by atoms with E-state index in [9.17, 15) is 0 Å². The van der Waals surface area contributed by atoms with Crippen molar-refractivity contribution in [3.05, 3.63) is 199 Å². The normalized spacial score (nSPS) is 12.8. The van der Waals surface area contributed by atoms with Crippen LogP contribution in [0.2, 0.25) is 0 Å². The first kappa shape index (κ1) is 29.9. The lowest BCUT2D eigenvalue weighted by Gasteiger charge is -2.31. The molecule has 9 rings (SSSR count). The average Bonchev–Trinajstić information content (AvgIpc) is 3.42. The minimum Gasteiger partial charge on any atom is -0.309 e. The summed E-state index contributed by atoms with van der Waals surface area (Å²) in [5.74, 6) is 0. The highest BCUT2D eigenvalue weighted by atomic mass is 15.1. The second-order valence-electron chi connectivity index (χ2n) is 13.7. The van der Waals surface area contributed by atoms with Gasteiger partial charge in [0, 0.05) is 21.9 Å². The van der Waals surface area contributed by atoms with Crippen molar-refractivity contribution >= 4 is 27.8 Å². The molecule has 0 aliphatic heterocycles. The van der Waals surface area contributed by atoms with E-state index < -0.39 is 0 Å². The molecule has 0 N–H and O–H groups in total. The van der Waals surface area contributed by atoms with E-state index in [1.807, 2.05) is 0 Å². The second-order valence-corrected chi connectivity index (χ2v) is 13.7. The highest BCUT2D eigenvalue weighted by Crippen LogP contribution is 2.54. The van der Waals surface area contributed by atoms with Gasteiger partial charge in [0.25, 0.3) is 0 Å². The van der Waals surface area contributed by atoms with Crippen LogP contribution < -0.4 is 4.90 Å². The zero-order chi connectivity index (χ0) is 33.7. The third-order valence-electron chi connectivity index (χ3n) is 10.5. The Morgan fingerprint density at radius 3 is 1.74 bits per heavy atom. The van der Waals surface area contributed by atoms with Crippen molar-refractivity contribution in [2.24, 2.45) is 0 Å². The van der Waals surface area contributed by atoms with Crippen molar-refractivity contribution in [2.45, 2.75) is 19.3 Å². The van der Waals surface area contributed by atoms with Gasteiger partial charge < -0.3 is 4.90 Å². The third-order valence-corrected chi connectivity index (χ3v) is 10.5. The molecular formula is C49H37N. The van der Waals surface area contributed by atoms with Crippen molar-refractivity contribution in [1.82, 2.24) is 0 Å². The maximum absolute atomic E-state index is 2.50. The van der Waals surface area contributed by atoms with Crippen LogP contribution >= 0.6 is 0 Å². The van der Waals surface area contributed by atoms with Gasteiger partial charge in [0.2, 0.25) is 0 Å². The SMILES string of the molecule is CC1(C)c2ccccc2-c2c(-c3ccccc3N(c3ccc(-c4ccccc4)cc3-c3ccccc3)c3cccc4ccccc34)cccc21. The topological polar surface area (TPSA) is 3.24 Å². The average molecular weight is 640 g/mol. The minimum atomic E-state index is -0.0834. The third kappa shape index (κ3) is 4.85. The molecule has 1 aliphatic rings. The first-order chi connectivity index (χ1) is 24.6. The van der Waals surface area contributed by atoms with E-state index in [2.05, 4.69) is 207 Å². The van der Waals surface area contributed by atoms with E-state index in [4.69, 9.17) is 0 Å². The van der Waals surface area contributed by atoms with E-state index in [0.717, 1.165) is 17.1 Å². The molecule has 8 aromatic carbocycles. The Balaban J connectivity index is 1.36. The first-order valence-electron chi connectivity index (χ1n) is 17.5. The molecule has 1 nitrogen and oxygen atoms in total. The van der Waals surface area contributed by atoms with Crippen LogP contribution in [0, 0.1) is 0 Å². The Morgan fingerprint density at radius 2 is 0.920 bits per heavy atom. The van der Waals surface area contributed by atoms with Gasteiger partial charge in [0.1, 0.15) is 0 Å². The molecule has 0 amide bonds. The fourth-order valence-electron chi connectivity index (χ4n) is 8.06. The summed E-state index contributed by atoms with van der Waals surface area (Å²) in [6.07, 6.45) is 0. The molecule has 238 valence electrons. The fourth-order valence-corrected chi connectivity index (χ4v) is 8.06. The van der Waals surface area contributed by atoms with E-state index in [-0.39, 0.29) is 5.41 Å². The lowest BCUT2D eigenvalue weighted by molar-refractivity contribution is 0.660. The summed E-state index contributed by atoms with van der Waals surface area (Å²) in [6.45, 7) is 4.71. The summed E-state index contributed by atoms with van der Waals surface area (Å²) in [5.41, 5.74) is 16.0. The Kier molecular flexibility index (Phi) is 7.21. The molecular weight excluding hydrogens is 603 g/mol. The molecule has 1 heteroatoms. The summed E-state index contributed by atoms with van der Waals surface area (Å²) >= 11 is 0. The van der Waals surface area contributed by atoms with Crippen LogP contribution in [-0.2, 0) is 5.41 Å². The zero-order valence-corrected chi connectivity index (χ0v) is 28.3. The number of benzene rings is 8. The summed E-state index contributed by atoms with van der Waals surface area (Å²) in [4.78, 5) is 2.50. The highest BCUT2D eigenvalue weighted by Gasteiger charge is 2.37. The number of rotatable bonds is 6. The van der Waals surface area contributed by atoms with E-state index >= 15 is 0 Å². The summed E-state index contributed by atoms with van der Waals surface area (Å²) in [6, 6.07) is 68.6. The molecule has 0 heterocycles. The van der Waals surface area contributed by atoms with Gasteiger partial charge in [-0.3, -0.25) is 0 Å². The zero-order valence-electron chi connectivity index (χ0n) is 28.3. The van der Waals surface area contributed by atoms with Gasteiger partial charge in [-0.05, 0) is 74.2 Å². The highest BCUT2D eigenvalue weighted by molar-refractivity contribution is 6.05.